The van der Waals surface area contributed by atoms with Crippen molar-refractivity contribution in [2.24, 2.45) is 11.8 Å². The van der Waals surface area contributed by atoms with Gasteiger partial charge in [0.2, 0.25) is 0 Å². The van der Waals surface area contributed by atoms with Crippen molar-refractivity contribution < 1.29 is 50.7 Å². The van der Waals surface area contributed by atoms with Crippen molar-refractivity contribution in [3.05, 3.63) is 146 Å². The van der Waals surface area contributed by atoms with Crippen LogP contribution in [0.4, 0.5) is 0 Å². The van der Waals surface area contributed by atoms with Crippen LogP contribution in [0.15, 0.2) is 121 Å². The molecule has 0 radical (unpaired) electrons. The van der Waals surface area contributed by atoms with Gasteiger partial charge in [-0.15, -0.1) is 69.1 Å². The van der Waals surface area contributed by atoms with Crippen molar-refractivity contribution in [2.45, 2.75) is 47.0 Å². The molecule has 0 aliphatic carbocycles. The molecule has 6 aromatic carbocycles. The molecule has 44 heavy (non-hydrogen) atoms. The molecule has 0 bridgehead atoms. The quantitative estimate of drug-likeness (QED) is 0.146. The third-order valence-corrected chi connectivity index (χ3v) is 7.08. The molecule has 0 N–H and O–H groups in total. The smallest absolute Gasteiger partial charge is 0 e. The van der Waals surface area contributed by atoms with Crippen molar-refractivity contribution in [3.63, 3.8) is 0 Å². The molecule has 0 aliphatic heterocycles. The molecule has 232 valence electrons. The van der Waals surface area contributed by atoms with Crippen LogP contribution in [0, 0.1) is 25.7 Å². The number of fused-ring (bicyclic) bond motifs is 2. The second kappa shape index (κ2) is 19.8. The van der Waals surface area contributed by atoms with Gasteiger partial charge in [0.25, 0.3) is 0 Å². The summed E-state index contributed by atoms with van der Waals surface area (Å²) in [6.45, 7) is 15.8. The Balaban J connectivity index is 0.000000380. The van der Waals surface area contributed by atoms with Crippen LogP contribution in [-0.4, -0.2) is 0 Å². The minimum atomic E-state index is 0. The summed E-state index contributed by atoms with van der Waals surface area (Å²) >= 11 is 0. The Hall–Kier alpha value is -2.45. The summed E-state index contributed by atoms with van der Waals surface area (Å²) in [5.41, 5.74) is 8.19. The normalized spacial score (nSPS) is 10.2. The summed E-state index contributed by atoms with van der Waals surface area (Å²) in [5.74, 6) is 1.41. The maximum Gasteiger partial charge on any atom is 0 e. The van der Waals surface area contributed by atoms with Gasteiger partial charge < -0.3 is 45.1 Å². The zero-order valence-electron chi connectivity index (χ0n) is 26.5. The van der Waals surface area contributed by atoms with Crippen LogP contribution in [0.3, 0.4) is 0 Å². The molecule has 0 amide bonds. The van der Waals surface area contributed by atoms with E-state index in [1.54, 1.807) is 0 Å². The van der Waals surface area contributed by atoms with Gasteiger partial charge in [-0.3, -0.25) is 0 Å². The Bertz CT molecular complexity index is 1500. The molecular weight excluding hydrogens is 742 g/mol. The molecule has 0 saturated carbocycles. The van der Waals surface area contributed by atoms with Crippen LogP contribution < -0.4 is 24.8 Å². The van der Waals surface area contributed by atoms with E-state index in [4.69, 9.17) is 0 Å². The van der Waals surface area contributed by atoms with Crippen LogP contribution in [0.25, 0.3) is 43.8 Å². The van der Waals surface area contributed by atoms with E-state index in [2.05, 4.69) is 163 Å². The van der Waals surface area contributed by atoms with E-state index < -0.39 is 0 Å². The van der Waals surface area contributed by atoms with Crippen molar-refractivity contribution in [1.82, 2.24) is 0 Å². The summed E-state index contributed by atoms with van der Waals surface area (Å²) in [7, 11) is 0. The second-order valence-electron chi connectivity index (χ2n) is 11.6. The minimum absolute atomic E-state index is 0. The summed E-state index contributed by atoms with van der Waals surface area (Å²) in [6, 6.07) is 43.9. The number of hydrogen-bond acceptors (Lipinski definition) is 0. The van der Waals surface area contributed by atoms with E-state index in [1.807, 2.05) is 0 Å². The summed E-state index contributed by atoms with van der Waals surface area (Å²) in [4.78, 5) is 0. The van der Waals surface area contributed by atoms with Gasteiger partial charge in [0.05, 0.1) is 0 Å². The van der Waals surface area contributed by atoms with Crippen molar-refractivity contribution in [3.8, 4) is 22.3 Å². The number of benzene rings is 4. The van der Waals surface area contributed by atoms with Gasteiger partial charge in [-0.2, -0.15) is 12.1 Å². The van der Waals surface area contributed by atoms with E-state index >= 15 is 0 Å². The van der Waals surface area contributed by atoms with E-state index in [9.17, 15) is 0 Å². The van der Waals surface area contributed by atoms with Crippen molar-refractivity contribution >= 4 is 21.5 Å². The van der Waals surface area contributed by atoms with E-state index in [1.165, 1.54) is 54.9 Å². The zero-order chi connectivity index (χ0) is 29.2. The SMILES string of the molecule is CC(C)Cc1cc2c(-c3ccccc3)cccc2[cH-]1.CC(C)Cc1cc2c(-c3ccccc3)cccc2[cH-]1.[CH2-]C[CH2-].[Cl-].[Cl-].[Hf]. The predicted molar refractivity (Wildman–Crippen MR) is 182 cm³/mol. The first-order valence-electron chi connectivity index (χ1n) is 15.0. The molecule has 0 heterocycles. The van der Waals surface area contributed by atoms with Crippen LogP contribution in [0.1, 0.15) is 45.2 Å². The summed E-state index contributed by atoms with van der Waals surface area (Å²) in [6.07, 6.45) is 3.06. The van der Waals surface area contributed by atoms with Gasteiger partial charge in [-0.25, -0.2) is 0 Å². The molecule has 0 unspecified atom stereocenters. The molecular formula is C41H44Cl2Hf-6. The van der Waals surface area contributed by atoms with Crippen molar-refractivity contribution in [1.29, 1.82) is 0 Å². The molecule has 3 heteroatoms. The first-order valence-corrected chi connectivity index (χ1v) is 15.0. The molecule has 0 nitrogen and oxygen atoms in total. The van der Waals surface area contributed by atoms with Gasteiger partial charge in [0, 0.05) is 25.8 Å². The average Bonchev–Trinajstić information content (AvgIpc) is 3.56. The summed E-state index contributed by atoms with van der Waals surface area (Å²) < 4.78 is 0. The number of rotatable bonds is 6. The molecule has 0 spiro atoms. The fourth-order valence-corrected chi connectivity index (χ4v) is 5.51. The van der Waals surface area contributed by atoms with Gasteiger partial charge in [0.1, 0.15) is 0 Å². The van der Waals surface area contributed by atoms with E-state index in [-0.39, 0.29) is 50.7 Å². The zero-order valence-corrected chi connectivity index (χ0v) is 31.6. The van der Waals surface area contributed by atoms with Gasteiger partial charge in [0.15, 0.2) is 0 Å². The molecule has 0 aliphatic rings. The Morgan fingerprint density at radius 1 is 0.523 bits per heavy atom. The molecule has 0 fully saturated rings. The Morgan fingerprint density at radius 3 is 1.18 bits per heavy atom. The Morgan fingerprint density at radius 2 is 0.864 bits per heavy atom. The van der Waals surface area contributed by atoms with Crippen LogP contribution in [-0.2, 0) is 38.7 Å². The maximum atomic E-state index is 3.38. The van der Waals surface area contributed by atoms with Crippen LogP contribution >= 0.6 is 0 Å². The molecule has 6 rings (SSSR count). The maximum absolute atomic E-state index is 3.38. The third kappa shape index (κ3) is 10.9. The largest absolute Gasteiger partial charge is 1.00 e. The van der Waals surface area contributed by atoms with Crippen molar-refractivity contribution in [2.75, 3.05) is 0 Å². The first kappa shape index (κ1) is 39.6. The standard InChI is InChI=1S/2C19H19.C3H6.2ClH.Hf/c2*1-14(2)11-15-12-17-9-6-10-18(19(17)13-15)16-7-4-3-5-8-16;1-3-2;;;/h2*3-10,12-14H,11H2,1-2H3;1-3H2;2*1H;/q2*-1;-2;;;/p-2. The average molecular weight is 786 g/mol. The second-order valence-corrected chi connectivity index (χ2v) is 11.6. The fourth-order valence-electron chi connectivity index (χ4n) is 5.51. The molecule has 6 aromatic rings. The monoisotopic (exact) mass is 786 g/mol. The molecule has 0 saturated heterocycles. The number of hydrogen-bond donors (Lipinski definition) is 0. The molecule has 0 aromatic heterocycles. The summed E-state index contributed by atoms with van der Waals surface area (Å²) in [5, 5.41) is 5.47. The Labute approximate surface area is 297 Å². The van der Waals surface area contributed by atoms with Gasteiger partial charge in [-0.05, 0) is 35.8 Å². The fraction of sp³-hybridized carbons (Fsp3) is 0.220. The van der Waals surface area contributed by atoms with Crippen LogP contribution in [0.2, 0.25) is 0 Å². The Kier molecular flexibility index (Phi) is 17.8. The van der Waals surface area contributed by atoms with Crippen LogP contribution in [0.5, 0.6) is 0 Å². The number of halogens is 2. The van der Waals surface area contributed by atoms with E-state index in [0.717, 1.165) is 19.3 Å². The predicted octanol–water partition coefficient (Wildman–Crippen LogP) is 5.90. The first-order chi connectivity index (χ1) is 19.9. The topological polar surface area (TPSA) is 0 Å². The minimum Gasteiger partial charge on any atom is -1.00 e. The molecule has 0 atom stereocenters. The third-order valence-electron chi connectivity index (χ3n) is 7.08. The van der Waals surface area contributed by atoms with E-state index in [0.29, 0.717) is 11.8 Å². The van der Waals surface area contributed by atoms with Gasteiger partial charge >= 0.3 is 0 Å². The van der Waals surface area contributed by atoms with Gasteiger partial charge in [-0.1, -0.05) is 112 Å².